The molecule has 1 aromatic carbocycles. The molecule has 30 heavy (non-hydrogen) atoms. The molecule has 7 heteroatoms. The molecule has 158 valence electrons. The number of aromatic nitrogens is 1. The fraction of sp³-hybridized carbons (Fsp3) is 0.391. The zero-order valence-electron chi connectivity index (χ0n) is 16.9. The lowest BCUT2D eigenvalue weighted by atomic mass is 9.96. The SMILES string of the molecule is O=C(C1CCN(S(=O)(=O)C=Cc2ccccc2)CC1)N(Cc1cccnc1)C1CC1. The fourth-order valence-electron chi connectivity index (χ4n) is 3.87. The summed E-state index contributed by atoms with van der Waals surface area (Å²) in [5.74, 6) is 0.0325. The number of carbonyl (C=O) groups excluding carboxylic acids is 1. The molecule has 2 heterocycles. The summed E-state index contributed by atoms with van der Waals surface area (Å²) in [5.41, 5.74) is 1.88. The maximum absolute atomic E-state index is 13.2. The molecule has 1 aliphatic heterocycles. The molecular weight excluding hydrogens is 398 g/mol. The normalized spacial score (nSPS) is 18.5. The summed E-state index contributed by atoms with van der Waals surface area (Å²) >= 11 is 0. The van der Waals surface area contributed by atoms with Crippen molar-refractivity contribution in [3.8, 4) is 0 Å². The number of rotatable bonds is 7. The second kappa shape index (κ2) is 9.10. The van der Waals surface area contributed by atoms with Crippen molar-refractivity contribution in [1.29, 1.82) is 0 Å². The molecule has 0 spiro atoms. The third kappa shape index (κ3) is 5.15. The highest BCUT2D eigenvalue weighted by Gasteiger charge is 2.38. The van der Waals surface area contributed by atoms with E-state index < -0.39 is 10.0 Å². The Kier molecular flexibility index (Phi) is 6.29. The van der Waals surface area contributed by atoms with Gasteiger partial charge in [-0.05, 0) is 49.0 Å². The lowest BCUT2D eigenvalue weighted by Gasteiger charge is -2.33. The van der Waals surface area contributed by atoms with E-state index in [9.17, 15) is 13.2 Å². The van der Waals surface area contributed by atoms with E-state index in [1.165, 1.54) is 9.71 Å². The summed E-state index contributed by atoms with van der Waals surface area (Å²) in [6.45, 7) is 1.34. The van der Waals surface area contributed by atoms with Gasteiger partial charge >= 0.3 is 0 Å². The molecule has 4 rings (SSSR count). The van der Waals surface area contributed by atoms with Crippen LogP contribution in [0.4, 0.5) is 0 Å². The minimum Gasteiger partial charge on any atom is -0.335 e. The van der Waals surface area contributed by atoms with E-state index in [0.29, 0.717) is 38.5 Å². The molecule has 0 bridgehead atoms. The summed E-state index contributed by atoms with van der Waals surface area (Å²) < 4.78 is 26.8. The lowest BCUT2D eigenvalue weighted by molar-refractivity contribution is -0.138. The molecule has 0 N–H and O–H groups in total. The van der Waals surface area contributed by atoms with Crippen molar-refractivity contribution in [3.63, 3.8) is 0 Å². The van der Waals surface area contributed by atoms with Gasteiger partial charge in [0.15, 0.2) is 0 Å². The van der Waals surface area contributed by atoms with Crippen molar-refractivity contribution in [1.82, 2.24) is 14.2 Å². The van der Waals surface area contributed by atoms with Crippen LogP contribution in [0, 0.1) is 5.92 Å². The van der Waals surface area contributed by atoms with Crippen LogP contribution >= 0.6 is 0 Å². The number of piperidine rings is 1. The molecule has 2 aliphatic rings. The number of sulfonamides is 1. The molecule has 1 saturated carbocycles. The first kappa shape index (κ1) is 20.8. The van der Waals surface area contributed by atoms with E-state index in [2.05, 4.69) is 4.98 Å². The average Bonchev–Trinajstić information content (AvgIpc) is 3.62. The van der Waals surface area contributed by atoms with E-state index in [1.54, 1.807) is 18.5 Å². The van der Waals surface area contributed by atoms with Crippen LogP contribution in [0.25, 0.3) is 6.08 Å². The number of pyridine rings is 1. The number of carbonyl (C=O) groups is 1. The molecule has 1 aromatic heterocycles. The standard InChI is InChI=1S/C23H27N3O3S/c27-23(26(22-8-9-22)18-20-7-4-13-24-17-20)21-10-14-25(15-11-21)30(28,29)16-12-19-5-2-1-3-6-19/h1-7,12-13,16-17,21-22H,8-11,14-15,18H2. The van der Waals surface area contributed by atoms with E-state index in [1.807, 2.05) is 47.4 Å². The molecule has 1 amide bonds. The van der Waals surface area contributed by atoms with Gasteiger partial charge in [-0.1, -0.05) is 36.4 Å². The summed E-state index contributed by atoms with van der Waals surface area (Å²) in [4.78, 5) is 19.3. The molecule has 1 aliphatic carbocycles. The molecule has 0 radical (unpaired) electrons. The van der Waals surface area contributed by atoms with Gasteiger partial charge in [0.2, 0.25) is 15.9 Å². The van der Waals surface area contributed by atoms with Gasteiger partial charge in [-0.3, -0.25) is 9.78 Å². The zero-order valence-corrected chi connectivity index (χ0v) is 17.7. The largest absolute Gasteiger partial charge is 0.335 e. The van der Waals surface area contributed by atoms with Crippen LogP contribution in [0.2, 0.25) is 0 Å². The third-order valence-electron chi connectivity index (χ3n) is 5.74. The second-order valence-corrected chi connectivity index (χ2v) is 9.81. The van der Waals surface area contributed by atoms with Crippen LogP contribution in [-0.4, -0.2) is 47.6 Å². The van der Waals surface area contributed by atoms with Gasteiger partial charge < -0.3 is 4.90 Å². The Morgan fingerprint density at radius 1 is 1.07 bits per heavy atom. The Balaban J connectivity index is 1.36. The number of hydrogen-bond donors (Lipinski definition) is 0. The quantitative estimate of drug-likeness (QED) is 0.683. The molecular formula is C23H27N3O3S. The second-order valence-electron chi connectivity index (χ2n) is 7.99. The number of hydrogen-bond acceptors (Lipinski definition) is 4. The van der Waals surface area contributed by atoms with Crippen LogP contribution in [0.15, 0.2) is 60.3 Å². The minimum absolute atomic E-state index is 0.119. The topological polar surface area (TPSA) is 70.6 Å². The monoisotopic (exact) mass is 425 g/mol. The van der Waals surface area contributed by atoms with Gasteiger partial charge in [0.25, 0.3) is 0 Å². The Morgan fingerprint density at radius 2 is 1.80 bits per heavy atom. The number of benzene rings is 1. The Morgan fingerprint density at radius 3 is 2.43 bits per heavy atom. The van der Waals surface area contributed by atoms with Gasteiger partial charge in [-0.15, -0.1) is 0 Å². The lowest BCUT2D eigenvalue weighted by Crippen LogP contribution is -2.44. The predicted molar refractivity (Wildman–Crippen MR) is 117 cm³/mol. The van der Waals surface area contributed by atoms with Crippen molar-refractivity contribution < 1.29 is 13.2 Å². The summed E-state index contributed by atoms with van der Waals surface area (Å²) in [5, 5.41) is 1.27. The van der Waals surface area contributed by atoms with Crippen LogP contribution in [0.1, 0.15) is 36.8 Å². The fourth-order valence-corrected chi connectivity index (χ4v) is 5.09. The first-order valence-electron chi connectivity index (χ1n) is 10.5. The van der Waals surface area contributed by atoms with Crippen LogP contribution in [-0.2, 0) is 21.4 Å². The van der Waals surface area contributed by atoms with Crippen LogP contribution in [0.3, 0.4) is 0 Å². The molecule has 2 aromatic rings. The van der Waals surface area contributed by atoms with E-state index >= 15 is 0 Å². The summed E-state index contributed by atoms with van der Waals surface area (Å²) in [6, 6.07) is 13.6. The molecule has 0 atom stereocenters. The zero-order chi connectivity index (χ0) is 21.0. The molecule has 2 fully saturated rings. The van der Waals surface area contributed by atoms with E-state index in [4.69, 9.17) is 0 Å². The van der Waals surface area contributed by atoms with Crippen LogP contribution < -0.4 is 0 Å². The van der Waals surface area contributed by atoms with Gasteiger partial charge in [-0.2, -0.15) is 4.31 Å². The Labute approximate surface area is 178 Å². The molecule has 6 nitrogen and oxygen atoms in total. The van der Waals surface area contributed by atoms with Crippen molar-refractivity contribution in [3.05, 3.63) is 71.4 Å². The van der Waals surface area contributed by atoms with E-state index in [-0.39, 0.29) is 11.8 Å². The summed E-state index contributed by atoms with van der Waals surface area (Å²) in [7, 11) is -3.48. The van der Waals surface area contributed by atoms with Crippen molar-refractivity contribution in [2.75, 3.05) is 13.1 Å². The summed E-state index contributed by atoms with van der Waals surface area (Å²) in [6.07, 6.45) is 8.37. The molecule has 1 saturated heterocycles. The van der Waals surface area contributed by atoms with Gasteiger partial charge in [-0.25, -0.2) is 8.42 Å². The van der Waals surface area contributed by atoms with E-state index in [0.717, 1.165) is 24.0 Å². The van der Waals surface area contributed by atoms with Gasteiger partial charge in [0.1, 0.15) is 0 Å². The number of nitrogens with zero attached hydrogens (tertiary/aromatic N) is 3. The van der Waals surface area contributed by atoms with Gasteiger partial charge in [0.05, 0.1) is 0 Å². The smallest absolute Gasteiger partial charge is 0.236 e. The first-order chi connectivity index (χ1) is 14.5. The maximum atomic E-state index is 13.2. The number of amides is 1. The maximum Gasteiger partial charge on any atom is 0.236 e. The predicted octanol–water partition coefficient (Wildman–Crippen LogP) is 3.29. The highest BCUT2D eigenvalue weighted by molar-refractivity contribution is 7.92. The van der Waals surface area contributed by atoms with Gasteiger partial charge in [0, 0.05) is 49.4 Å². The van der Waals surface area contributed by atoms with Crippen molar-refractivity contribution in [2.45, 2.75) is 38.3 Å². The third-order valence-corrected chi connectivity index (χ3v) is 7.31. The highest BCUT2D eigenvalue weighted by atomic mass is 32.2. The van der Waals surface area contributed by atoms with Crippen molar-refractivity contribution in [2.24, 2.45) is 5.92 Å². The highest BCUT2D eigenvalue weighted by Crippen LogP contribution is 2.32. The van der Waals surface area contributed by atoms with Crippen LogP contribution in [0.5, 0.6) is 0 Å². The average molecular weight is 426 g/mol. The van der Waals surface area contributed by atoms with Crippen molar-refractivity contribution >= 4 is 22.0 Å². The minimum atomic E-state index is -3.48. The Hall–Kier alpha value is -2.51. The Bertz CT molecular complexity index is 981. The first-order valence-corrected chi connectivity index (χ1v) is 12.0. The molecule has 0 unspecified atom stereocenters.